The smallest absolute Gasteiger partial charge is 0.0757 e. The molecule has 5 rings (SSSR count). The van der Waals surface area contributed by atoms with Gasteiger partial charge in [0, 0.05) is 17.8 Å². The zero-order valence-electron chi connectivity index (χ0n) is 17.5. The van der Waals surface area contributed by atoms with E-state index in [0.29, 0.717) is 12.3 Å². The summed E-state index contributed by atoms with van der Waals surface area (Å²) in [7, 11) is 0. The van der Waals surface area contributed by atoms with Crippen molar-refractivity contribution in [2.24, 2.45) is 28.6 Å². The third-order valence-electron chi connectivity index (χ3n) is 8.99. The van der Waals surface area contributed by atoms with Crippen LogP contribution in [0.5, 0.6) is 0 Å². The summed E-state index contributed by atoms with van der Waals surface area (Å²) >= 11 is 0. The Balaban J connectivity index is 1.57. The lowest BCUT2D eigenvalue weighted by molar-refractivity contribution is -0.0885. The van der Waals surface area contributed by atoms with Gasteiger partial charge in [-0.15, -0.1) is 0 Å². The molecule has 1 heterocycles. The Morgan fingerprint density at radius 2 is 1.97 bits per heavy atom. The van der Waals surface area contributed by atoms with Gasteiger partial charge in [0.1, 0.15) is 0 Å². The zero-order valence-corrected chi connectivity index (χ0v) is 17.5. The van der Waals surface area contributed by atoms with Gasteiger partial charge in [0.25, 0.3) is 0 Å². The normalized spacial score (nSPS) is 44.0. The molecule has 4 nitrogen and oxygen atoms in total. The Bertz CT molecular complexity index is 862. The Labute approximate surface area is 173 Å². The van der Waals surface area contributed by atoms with Crippen molar-refractivity contribution in [2.45, 2.75) is 64.6 Å². The van der Waals surface area contributed by atoms with Crippen molar-refractivity contribution < 1.29 is 15.3 Å². The summed E-state index contributed by atoms with van der Waals surface area (Å²) in [5.41, 5.74) is 4.76. The average molecular weight is 396 g/mol. The summed E-state index contributed by atoms with van der Waals surface area (Å²) in [6.45, 7) is 4.68. The molecule has 0 bridgehead atoms. The third kappa shape index (κ3) is 2.65. The van der Waals surface area contributed by atoms with Crippen LogP contribution in [0, 0.1) is 28.6 Å². The quantitative estimate of drug-likeness (QED) is 0.667. The molecule has 4 aliphatic carbocycles. The van der Waals surface area contributed by atoms with Gasteiger partial charge < -0.3 is 15.3 Å². The highest BCUT2D eigenvalue weighted by atomic mass is 16.3. The number of fused-ring (bicyclic) bond motifs is 5. The first-order chi connectivity index (χ1) is 13.9. The molecule has 1 aromatic heterocycles. The topological polar surface area (TPSA) is 73.6 Å². The molecule has 4 aliphatic rings. The predicted molar refractivity (Wildman–Crippen MR) is 113 cm³/mol. The number of allylic oxidation sites excluding steroid dienone is 1. The minimum Gasteiger partial charge on any atom is -0.395 e. The van der Waals surface area contributed by atoms with E-state index >= 15 is 0 Å². The van der Waals surface area contributed by atoms with Crippen molar-refractivity contribution in [2.75, 3.05) is 6.61 Å². The van der Waals surface area contributed by atoms with Crippen molar-refractivity contribution in [3.63, 3.8) is 0 Å². The summed E-state index contributed by atoms with van der Waals surface area (Å²) in [5, 5.41) is 32.2. The lowest BCUT2D eigenvalue weighted by atomic mass is 9.46. The first kappa shape index (κ1) is 19.5. The number of aliphatic hydroxyl groups excluding tert-OH is 3. The molecule has 0 aliphatic heterocycles. The number of aliphatic hydroxyl groups is 3. The van der Waals surface area contributed by atoms with Crippen LogP contribution in [0.4, 0.5) is 0 Å². The highest BCUT2D eigenvalue weighted by molar-refractivity contribution is 5.76. The zero-order chi connectivity index (χ0) is 20.4. The Kier molecular flexibility index (Phi) is 4.54. The first-order valence-electron chi connectivity index (χ1n) is 11.2. The average Bonchev–Trinajstić information content (AvgIpc) is 3.02. The van der Waals surface area contributed by atoms with E-state index in [9.17, 15) is 15.3 Å². The Hall–Kier alpha value is -1.49. The minimum atomic E-state index is -0.495. The predicted octanol–water partition coefficient (Wildman–Crippen LogP) is 3.73. The van der Waals surface area contributed by atoms with E-state index < -0.39 is 6.10 Å². The fraction of sp³-hybridized carbons (Fsp3) is 0.640. The standard InChI is InChI=1S/C25H33NO3/c1-15-10-20-22-19(24(2)7-5-18(28)11-17(24)12-21(22)29)6-8-25(20,14-27)23(15)16-4-3-9-26-13-16/h3-4,9,12-13,18-22,27-29H,5-8,10-11,14H2,1-2H3. The second-order valence-corrected chi connectivity index (χ2v) is 10.2. The number of nitrogens with zero attached hydrogens (tertiary/aromatic N) is 1. The second kappa shape index (κ2) is 6.76. The van der Waals surface area contributed by atoms with Gasteiger partial charge in [-0.05, 0) is 85.8 Å². The van der Waals surface area contributed by atoms with Crippen molar-refractivity contribution in [1.29, 1.82) is 0 Å². The lowest BCUT2D eigenvalue weighted by Gasteiger charge is -2.59. The fourth-order valence-electron chi connectivity index (χ4n) is 7.69. The highest BCUT2D eigenvalue weighted by Crippen LogP contribution is 2.67. The van der Waals surface area contributed by atoms with Crippen molar-refractivity contribution in [3.8, 4) is 0 Å². The monoisotopic (exact) mass is 395 g/mol. The maximum atomic E-state index is 11.3. The summed E-state index contributed by atoms with van der Waals surface area (Å²) in [4.78, 5) is 4.34. The molecule has 0 spiro atoms. The molecule has 0 radical (unpaired) electrons. The van der Waals surface area contributed by atoms with Crippen LogP contribution in [0.15, 0.2) is 41.7 Å². The van der Waals surface area contributed by atoms with Gasteiger partial charge in [0.05, 0.1) is 18.8 Å². The van der Waals surface area contributed by atoms with E-state index in [1.807, 2.05) is 12.3 Å². The van der Waals surface area contributed by atoms with Crippen LogP contribution in [0.3, 0.4) is 0 Å². The molecule has 3 N–H and O–H groups in total. The Morgan fingerprint density at radius 3 is 2.69 bits per heavy atom. The van der Waals surface area contributed by atoms with E-state index in [1.165, 1.54) is 16.7 Å². The van der Waals surface area contributed by atoms with Crippen LogP contribution in [0.1, 0.15) is 57.9 Å². The third-order valence-corrected chi connectivity index (χ3v) is 8.99. The first-order valence-corrected chi connectivity index (χ1v) is 11.2. The molecule has 0 saturated heterocycles. The molecule has 1 aromatic rings. The van der Waals surface area contributed by atoms with Crippen LogP contribution in [0.25, 0.3) is 5.57 Å². The van der Waals surface area contributed by atoms with Gasteiger partial charge in [0.2, 0.25) is 0 Å². The van der Waals surface area contributed by atoms with Crippen LogP contribution in [-0.4, -0.2) is 39.1 Å². The van der Waals surface area contributed by atoms with Gasteiger partial charge in [-0.25, -0.2) is 0 Å². The molecule has 0 amide bonds. The van der Waals surface area contributed by atoms with Gasteiger partial charge in [-0.2, -0.15) is 0 Å². The van der Waals surface area contributed by atoms with Crippen LogP contribution < -0.4 is 0 Å². The van der Waals surface area contributed by atoms with Crippen LogP contribution in [-0.2, 0) is 0 Å². The number of hydrogen-bond donors (Lipinski definition) is 3. The van der Waals surface area contributed by atoms with Crippen LogP contribution in [0.2, 0.25) is 0 Å². The van der Waals surface area contributed by atoms with Crippen LogP contribution >= 0.6 is 0 Å². The lowest BCUT2D eigenvalue weighted by Crippen LogP contribution is -2.55. The van der Waals surface area contributed by atoms with E-state index in [0.717, 1.165) is 37.7 Å². The van der Waals surface area contributed by atoms with Gasteiger partial charge in [-0.3, -0.25) is 4.98 Å². The molecule has 29 heavy (non-hydrogen) atoms. The Morgan fingerprint density at radius 1 is 1.14 bits per heavy atom. The summed E-state index contributed by atoms with van der Waals surface area (Å²) in [6, 6.07) is 4.08. The number of aromatic nitrogens is 1. The van der Waals surface area contributed by atoms with E-state index in [-0.39, 0.29) is 35.4 Å². The van der Waals surface area contributed by atoms with E-state index in [2.05, 4.69) is 31.0 Å². The van der Waals surface area contributed by atoms with Crippen molar-refractivity contribution in [3.05, 3.63) is 47.3 Å². The fourth-order valence-corrected chi connectivity index (χ4v) is 7.69. The molecular formula is C25H33NO3. The molecule has 0 aromatic carbocycles. The maximum absolute atomic E-state index is 11.3. The number of rotatable bonds is 2. The highest BCUT2D eigenvalue weighted by Gasteiger charge is 2.61. The van der Waals surface area contributed by atoms with Crippen molar-refractivity contribution in [1.82, 2.24) is 4.98 Å². The van der Waals surface area contributed by atoms with E-state index in [4.69, 9.17) is 0 Å². The summed E-state index contributed by atoms with van der Waals surface area (Å²) in [5.74, 6) is 0.817. The van der Waals surface area contributed by atoms with E-state index in [1.54, 1.807) is 6.20 Å². The SMILES string of the molecule is CC1=C(c2cccnc2)C2(CO)CCC3C(C(O)C=C4CC(O)CCC43C)C2C1. The largest absolute Gasteiger partial charge is 0.395 e. The molecule has 4 heteroatoms. The molecular weight excluding hydrogens is 362 g/mol. The molecule has 7 atom stereocenters. The maximum Gasteiger partial charge on any atom is 0.0757 e. The summed E-state index contributed by atoms with van der Waals surface area (Å²) in [6.07, 6.45) is 10.5. The van der Waals surface area contributed by atoms with Crippen molar-refractivity contribution >= 4 is 5.57 Å². The summed E-state index contributed by atoms with van der Waals surface area (Å²) < 4.78 is 0. The van der Waals surface area contributed by atoms with Gasteiger partial charge in [-0.1, -0.05) is 30.2 Å². The minimum absolute atomic E-state index is 0.0652. The molecule has 2 fully saturated rings. The molecule has 2 saturated carbocycles. The molecule has 7 unspecified atom stereocenters. The number of hydrogen-bond acceptors (Lipinski definition) is 4. The van der Waals surface area contributed by atoms with Gasteiger partial charge in [0.15, 0.2) is 0 Å². The second-order valence-electron chi connectivity index (χ2n) is 10.2. The number of pyridine rings is 1. The molecule has 156 valence electrons. The van der Waals surface area contributed by atoms with Gasteiger partial charge >= 0.3 is 0 Å².